The number of nitrogens with one attached hydrogen (secondary N) is 1. The Hall–Kier alpha value is -0.720. The standard InChI is InChI=1S/C7H11N/c1-3-7-4-6(2)8-5-7/h4-5,8H,3H2,1-2H3. The normalized spacial score (nSPS) is 9.75. The van der Waals surface area contributed by atoms with Crippen LogP contribution in [-0.2, 0) is 6.42 Å². The number of H-pyrrole nitrogens is 1. The Kier molecular flexibility index (Phi) is 1.38. The second kappa shape index (κ2) is 2.03. The summed E-state index contributed by atoms with van der Waals surface area (Å²) in [6, 6.07) is 2.17. The molecule has 0 saturated carbocycles. The van der Waals surface area contributed by atoms with Crippen molar-refractivity contribution in [2.75, 3.05) is 0 Å². The lowest BCUT2D eigenvalue weighted by atomic mass is 10.2. The molecule has 1 N–H and O–H groups in total. The molecule has 0 atom stereocenters. The summed E-state index contributed by atoms with van der Waals surface area (Å²) in [4.78, 5) is 3.12. The van der Waals surface area contributed by atoms with E-state index in [0.29, 0.717) is 0 Å². The van der Waals surface area contributed by atoms with E-state index in [9.17, 15) is 0 Å². The quantitative estimate of drug-likeness (QED) is 0.566. The van der Waals surface area contributed by atoms with Gasteiger partial charge < -0.3 is 4.98 Å². The molecule has 1 rings (SSSR count). The predicted octanol–water partition coefficient (Wildman–Crippen LogP) is 1.89. The molecular weight excluding hydrogens is 98.1 g/mol. The molecule has 0 spiro atoms. The van der Waals surface area contributed by atoms with Crippen molar-refractivity contribution in [3.05, 3.63) is 23.5 Å². The number of hydrogen-bond acceptors (Lipinski definition) is 0. The Morgan fingerprint density at radius 2 is 2.38 bits per heavy atom. The molecule has 44 valence electrons. The molecule has 0 aliphatic rings. The highest BCUT2D eigenvalue weighted by molar-refractivity contribution is 5.14. The van der Waals surface area contributed by atoms with E-state index in [1.807, 2.05) is 0 Å². The van der Waals surface area contributed by atoms with Crippen LogP contribution in [0.1, 0.15) is 18.2 Å². The Bertz CT molecular complexity index is 165. The molecule has 1 aromatic rings. The first-order valence-electron chi connectivity index (χ1n) is 2.97. The first kappa shape index (κ1) is 5.42. The number of aryl methyl sites for hydroxylation is 2. The highest BCUT2D eigenvalue weighted by atomic mass is 14.7. The van der Waals surface area contributed by atoms with Crippen LogP contribution < -0.4 is 0 Å². The number of aromatic nitrogens is 1. The highest BCUT2D eigenvalue weighted by Crippen LogP contribution is 2.00. The highest BCUT2D eigenvalue weighted by Gasteiger charge is 1.88. The van der Waals surface area contributed by atoms with E-state index in [-0.39, 0.29) is 0 Å². The van der Waals surface area contributed by atoms with Crippen LogP contribution in [0.4, 0.5) is 0 Å². The maximum Gasteiger partial charge on any atom is 0.0118 e. The van der Waals surface area contributed by atoms with Gasteiger partial charge in [-0.3, -0.25) is 0 Å². The molecule has 0 radical (unpaired) electrons. The van der Waals surface area contributed by atoms with E-state index in [1.165, 1.54) is 11.3 Å². The lowest BCUT2D eigenvalue weighted by Gasteiger charge is -1.79. The summed E-state index contributed by atoms with van der Waals surface area (Å²) in [7, 11) is 0. The fraction of sp³-hybridized carbons (Fsp3) is 0.429. The van der Waals surface area contributed by atoms with Gasteiger partial charge in [-0.05, 0) is 25.0 Å². The van der Waals surface area contributed by atoms with Crippen molar-refractivity contribution in [2.24, 2.45) is 0 Å². The van der Waals surface area contributed by atoms with Crippen LogP contribution in [0.2, 0.25) is 0 Å². The minimum Gasteiger partial charge on any atom is -0.365 e. The molecule has 0 amide bonds. The van der Waals surface area contributed by atoms with E-state index in [0.717, 1.165) is 6.42 Å². The van der Waals surface area contributed by atoms with Crippen molar-refractivity contribution in [1.82, 2.24) is 4.98 Å². The van der Waals surface area contributed by atoms with Gasteiger partial charge in [-0.1, -0.05) is 6.92 Å². The molecule has 1 nitrogen and oxygen atoms in total. The summed E-state index contributed by atoms with van der Waals surface area (Å²) >= 11 is 0. The van der Waals surface area contributed by atoms with Crippen molar-refractivity contribution in [2.45, 2.75) is 20.3 Å². The van der Waals surface area contributed by atoms with Gasteiger partial charge in [0.1, 0.15) is 0 Å². The van der Waals surface area contributed by atoms with Gasteiger partial charge in [0.05, 0.1) is 0 Å². The summed E-state index contributed by atoms with van der Waals surface area (Å²) in [5, 5.41) is 0. The fourth-order valence-corrected chi connectivity index (χ4v) is 0.772. The van der Waals surface area contributed by atoms with Gasteiger partial charge in [0.2, 0.25) is 0 Å². The van der Waals surface area contributed by atoms with Gasteiger partial charge in [-0.2, -0.15) is 0 Å². The monoisotopic (exact) mass is 109 g/mol. The molecule has 0 aliphatic heterocycles. The van der Waals surface area contributed by atoms with Crippen LogP contribution in [0.3, 0.4) is 0 Å². The summed E-state index contributed by atoms with van der Waals surface area (Å²) < 4.78 is 0. The second-order valence-electron chi connectivity index (χ2n) is 2.04. The molecule has 0 fully saturated rings. The zero-order valence-electron chi connectivity index (χ0n) is 5.36. The number of aromatic amines is 1. The average Bonchev–Trinajstić information content (AvgIpc) is 2.14. The molecule has 0 aromatic carbocycles. The largest absolute Gasteiger partial charge is 0.365 e. The first-order chi connectivity index (χ1) is 3.83. The van der Waals surface area contributed by atoms with Crippen molar-refractivity contribution in [3.8, 4) is 0 Å². The van der Waals surface area contributed by atoms with Crippen LogP contribution >= 0.6 is 0 Å². The fourth-order valence-electron chi connectivity index (χ4n) is 0.772. The smallest absolute Gasteiger partial charge is 0.0118 e. The topological polar surface area (TPSA) is 15.8 Å². The zero-order chi connectivity index (χ0) is 5.98. The number of rotatable bonds is 1. The summed E-state index contributed by atoms with van der Waals surface area (Å²) in [6.07, 6.45) is 3.18. The Labute approximate surface area is 49.7 Å². The van der Waals surface area contributed by atoms with E-state index in [2.05, 4.69) is 31.1 Å². The molecular formula is C7H11N. The third-order valence-corrected chi connectivity index (χ3v) is 1.30. The van der Waals surface area contributed by atoms with E-state index < -0.39 is 0 Å². The van der Waals surface area contributed by atoms with Gasteiger partial charge >= 0.3 is 0 Å². The maximum absolute atomic E-state index is 3.12. The molecule has 0 unspecified atom stereocenters. The van der Waals surface area contributed by atoms with E-state index >= 15 is 0 Å². The maximum atomic E-state index is 3.12. The lowest BCUT2D eigenvalue weighted by molar-refractivity contribution is 1.14. The minimum absolute atomic E-state index is 1.13. The van der Waals surface area contributed by atoms with Crippen LogP contribution in [-0.4, -0.2) is 4.98 Å². The number of hydrogen-bond donors (Lipinski definition) is 1. The lowest BCUT2D eigenvalue weighted by Crippen LogP contribution is -1.67. The van der Waals surface area contributed by atoms with Crippen molar-refractivity contribution in [3.63, 3.8) is 0 Å². The van der Waals surface area contributed by atoms with E-state index in [1.54, 1.807) is 0 Å². The third kappa shape index (κ3) is 0.915. The average molecular weight is 109 g/mol. The van der Waals surface area contributed by atoms with Gasteiger partial charge in [0, 0.05) is 11.9 Å². The van der Waals surface area contributed by atoms with Crippen molar-refractivity contribution >= 4 is 0 Å². The van der Waals surface area contributed by atoms with Gasteiger partial charge in [0.25, 0.3) is 0 Å². The predicted molar refractivity (Wildman–Crippen MR) is 34.9 cm³/mol. The van der Waals surface area contributed by atoms with E-state index in [4.69, 9.17) is 0 Å². The first-order valence-corrected chi connectivity index (χ1v) is 2.97. The summed E-state index contributed by atoms with van der Waals surface area (Å²) in [5.74, 6) is 0. The second-order valence-corrected chi connectivity index (χ2v) is 2.04. The Morgan fingerprint density at radius 3 is 2.62 bits per heavy atom. The molecule has 0 saturated heterocycles. The molecule has 1 aromatic heterocycles. The van der Waals surface area contributed by atoms with Crippen LogP contribution in [0.15, 0.2) is 12.3 Å². The van der Waals surface area contributed by atoms with Crippen LogP contribution in [0, 0.1) is 6.92 Å². The van der Waals surface area contributed by atoms with Crippen LogP contribution in [0.5, 0.6) is 0 Å². The van der Waals surface area contributed by atoms with Gasteiger partial charge in [-0.15, -0.1) is 0 Å². The summed E-state index contributed by atoms with van der Waals surface area (Å²) in [6.45, 7) is 4.22. The molecule has 1 heteroatoms. The third-order valence-electron chi connectivity index (χ3n) is 1.30. The van der Waals surface area contributed by atoms with Crippen LogP contribution in [0.25, 0.3) is 0 Å². The molecule has 8 heavy (non-hydrogen) atoms. The molecule has 0 aliphatic carbocycles. The summed E-state index contributed by atoms with van der Waals surface area (Å²) in [5.41, 5.74) is 2.64. The molecule has 1 heterocycles. The van der Waals surface area contributed by atoms with Gasteiger partial charge in [-0.25, -0.2) is 0 Å². The minimum atomic E-state index is 1.13. The van der Waals surface area contributed by atoms with Gasteiger partial charge in [0.15, 0.2) is 0 Å². The Balaban J connectivity index is 2.84. The molecule has 0 bridgehead atoms. The van der Waals surface area contributed by atoms with Crippen molar-refractivity contribution in [1.29, 1.82) is 0 Å². The zero-order valence-corrected chi connectivity index (χ0v) is 5.36. The Morgan fingerprint density at radius 1 is 1.62 bits per heavy atom. The SMILES string of the molecule is CCc1c[nH]c(C)c1. The van der Waals surface area contributed by atoms with Crippen molar-refractivity contribution < 1.29 is 0 Å².